The van der Waals surface area contributed by atoms with Crippen molar-refractivity contribution in [2.24, 2.45) is 0 Å². The molecule has 0 N–H and O–H groups in total. The molecule has 0 unspecified atom stereocenters. The van der Waals surface area contributed by atoms with Gasteiger partial charge >= 0.3 is 0 Å². The summed E-state index contributed by atoms with van der Waals surface area (Å²) in [5, 5.41) is 0. The van der Waals surface area contributed by atoms with E-state index >= 15 is 0 Å². The molecule has 0 fully saturated rings. The van der Waals surface area contributed by atoms with E-state index < -0.39 is 0 Å². The highest BCUT2D eigenvalue weighted by Gasteiger charge is 2.17. The van der Waals surface area contributed by atoms with E-state index in [-0.39, 0.29) is 12.5 Å². The first-order chi connectivity index (χ1) is 7.74. The smallest absolute Gasteiger partial charge is 0.260 e. The molecule has 0 saturated heterocycles. The molecule has 0 bridgehead atoms. The molecule has 1 aromatic heterocycles. The average Bonchev–Trinajstić information content (AvgIpc) is 2.35. The van der Waals surface area contributed by atoms with Gasteiger partial charge in [0.05, 0.1) is 13.7 Å². The van der Waals surface area contributed by atoms with Gasteiger partial charge in [-0.1, -0.05) is 5.92 Å². The molecular weight excluding hydrogens is 204 g/mol. The van der Waals surface area contributed by atoms with Crippen LogP contribution in [0, 0.1) is 12.3 Å². The largest absolute Gasteiger partial charge is 0.480 e. The van der Waals surface area contributed by atoms with E-state index in [1.807, 2.05) is 6.92 Å². The summed E-state index contributed by atoms with van der Waals surface area (Å²) in [7, 11) is 1.48. The molecule has 1 aromatic rings. The van der Waals surface area contributed by atoms with Crippen LogP contribution < -0.4 is 4.74 Å². The number of aromatic nitrogens is 1. The van der Waals surface area contributed by atoms with E-state index in [2.05, 4.69) is 10.9 Å². The highest BCUT2D eigenvalue weighted by atomic mass is 16.5. The van der Waals surface area contributed by atoms with Crippen molar-refractivity contribution in [3.8, 4) is 18.2 Å². The van der Waals surface area contributed by atoms with Crippen LogP contribution in [0.2, 0.25) is 0 Å². The molecule has 0 radical (unpaired) electrons. The molecule has 0 atom stereocenters. The molecule has 4 nitrogen and oxygen atoms in total. The molecule has 0 aromatic carbocycles. The van der Waals surface area contributed by atoms with Crippen molar-refractivity contribution in [3.63, 3.8) is 0 Å². The lowest BCUT2D eigenvalue weighted by Crippen LogP contribution is -2.31. The predicted octanol–water partition coefficient (Wildman–Crippen LogP) is 1.19. The molecular formula is C12H14N2O2. The molecule has 4 heteroatoms. The quantitative estimate of drug-likeness (QED) is 0.713. The second-order valence-electron chi connectivity index (χ2n) is 3.08. The fraction of sp³-hybridized carbons (Fsp3) is 0.333. The van der Waals surface area contributed by atoms with E-state index in [1.165, 1.54) is 7.11 Å². The van der Waals surface area contributed by atoms with E-state index in [0.29, 0.717) is 18.0 Å². The summed E-state index contributed by atoms with van der Waals surface area (Å²) < 4.78 is 5.03. The maximum Gasteiger partial charge on any atom is 0.260 e. The van der Waals surface area contributed by atoms with E-state index in [0.717, 1.165) is 0 Å². The van der Waals surface area contributed by atoms with Gasteiger partial charge in [0, 0.05) is 12.7 Å². The Labute approximate surface area is 95.2 Å². The minimum Gasteiger partial charge on any atom is -0.480 e. The Morgan fingerprint density at radius 1 is 1.69 bits per heavy atom. The van der Waals surface area contributed by atoms with Crippen LogP contribution in [0.3, 0.4) is 0 Å². The van der Waals surface area contributed by atoms with Gasteiger partial charge in [-0.25, -0.2) is 4.98 Å². The number of carbonyl (C=O) groups is 1. The highest BCUT2D eigenvalue weighted by Crippen LogP contribution is 2.15. The van der Waals surface area contributed by atoms with E-state index in [9.17, 15) is 4.79 Å². The highest BCUT2D eigenvalue weighted by molar-refractivity contribution is 5.96. The number of nitrogens with zero attached hydrogens (tertiary/aromatic N) is 2. The van der Waals surface area contributed by atoms with Crippen LogP contribution in [0.25, 0.3) is 0 Å². The molecule has 0 aliphatic heterocycles. The second-order valence-corrected chi connectivity index (χ2v) is 3.08. The topological polar surface area (TPSA) is 42.4 Å². The SMILES string of the molecule is C#CCN(CC)C(=O)c1cccnc1OC. The molecule has 0 aliphatic rings. The zero-order valence-electron chi connectivity index (χ0n) is 9.43. The monoisotopic (exact) mass is 218 g/mol. The van der Waals surface area contributed by atoms with Crippen molar-refractivity contribution in [3.05, 3.63) is 23.9 Å². The summed E-state index contributed by atoms with van der Waals surface area (Å²) in [6, 6.07) is 3.37. The first-order valence-electron chi connectivity index (χ1n) is 4.96. The van der Waals surface area contributed by atoms with Crippen LogP contribution in [0.4, 0.5) is 0 Å². The zero-order valence-corrected chi connectivity index (χ0v) is 9.43. The van der Waals surface area contributed by atoms with Crippen LogP contribution in [0.5, 0.6) is 5.88 Å². The molecule has 0 spiro atoms. The lowest BCUT2D eigenvalue weighted by Gasteiger charge is -2.18. The summed E-state index contributed by atoms with van der Waals surface area (Å²) in [5.74, 6) is 2.61. The Morgan fingerprint density at radius 2 is 2.44 bits per heavy atom. The van der Waals surface area contributed by atoms with Crippen LogP contribution in [0.15, 0.2) is 18.3 Å². The number of rotatable bonds is 4. The predicted molar refractivity (Wildman–Crippen MR) is 61.2 cm³/mol. The van der Waals surface area contributed by atoms with Crippen molar-refractivity contribution < 1.29 is 9.53 Å². The Bertz CT molecular complexity index is 410. The maximum absolute atomic E-state index is 12.1. The summed E-state index contributed by atoms with van der Waals surface area (Å²) in [5.41, 5.74) is 0.433. The number of pyridine rings is 1. The third-order valence-electron chi connectivity index (χ3n) is 2.15. The summed E-state index contributed by atoms with van der Waals surface area (Å²) in [4.78, 5) is 17.6. The third kappa shape index (κ3) is 2.51. The van der Waals surface area contributed by atoms with Crippen molar-refractivity contribution >= 4 is 5.91 Å². The Kier molecular flexibility index (Phi) is 4.34. The van der Waals surface area contributed by atoms with Crippen molar-refractivity contribution in [2.45, 2.75) is 6.92 Å². The van der Waals surface area contributed by atoms with Gasteiger partial charge in [0.1, 0.15) is 5.56 Å². The van der Waals surface area contributed by atoms with Crippen molar-refractivity contribution in [1.29, 1.82) is 0 Å². The molecule has 0 saturated carbocycles. The van der Waals surface area contributed by atoms with Gasteiger partial charge in [-0.2, -0.15) is 0 Å². The Morgan fingerprint density at radius 3 is 3.00 bits per heavy atom. The molecule has 1 heterocycles. The van der Waals surface area contributed by atoms with E-state index in [1.54, 1.807) is 23.2 Å². The van der Waals surface area contributed by atoms with Crippen LogP contribution in [-0.2, 0) is 0 Å². The van der Waals surface area contributed by atoms with Gasteiger partial charge in [0.2, 0.25) is 5.88 Å². The lowest BCUT2D eigenvalue weighted by molar-refractivity contribution is 0.0780. The molecule has 1 amide bonds. The van der Waals surface area contributed by atoms with Gasteiger partial charge in [-0.15, -0.1) is 6.42 Å². The third-order valence-corrected chi connectivity index (χ3v) is 2.15. The molecule has 84 valence electrons. The summed E-state index contributed by atoms with van der Waals surface area (Å²) in [6.07, 6.45) is 6.78. The van der Waals surface area contributed by atoms with Crippen LogP contribution in [-0.4, -0.2) is 36.0 Å². The Balaban J connectivity index is 2.99. The maximum atomic E-state index is 12.1. The number of methoxy groups -OCH3 is 1. The lowest BCUT2D eigenvalue weighted by atomic mass is 10.2. The number of hydrogen-bond donors (Lipinski definition) is 0. The van der Waals surface area contributed by atoms with Crippen LogP contribution >= 0.6 is 0 Å². The number of terminal acetylenes is 1. The molecule has 1 rings (SSSR count). The minimum absolute atomic E-state index is 0.162. The minimum atomic E-state index is -0.162. The van der Waals surface area contributed by atoms with Crippen molar-refractivity contribution in [1.82, 2.24) is 9.88 Å². The number of ether oxygens (including phenoxy) is 1. The fourth-order valence-corrected chi connectivity index (χ4v) is 1.32. The van der Waals surface area contributed by atoms with Gasteiger partial charge in [-0.3, -0.25) is 4.79 Å². The number of carbonyl (C=O) groups excluding carboxylic acids is 1. The standard InChI is InChI=1S/C12H14N2O2/c1-4-9-14(5-2)12(15)10-7-6-8-13-11(10)16-3/h1,6-8H,5,9H2,2-3H3. The first kappa shape index (κ1) is 12.1. The zero-order chi connectivity index (χ0) is 12.0. The first-order valence-corrected chi connectivity index (χ1v) is 4.96. The second kappa shape index (κ2) is 5.76. The number of amides is 1. The van der Waals surface area contributed by atoms with Gasteiger partial charge in [-0.05, 0) is 19.1 Å². The molecule has 0 aliphatic carbocycles. The average molecular weight is 218 g/mol. The number of hydrogen-bond acceptors (Lipinski definition) is 3. The van der Waals surface area contributed by atoms with E-state index in [4.69, 9.17) is 11.2 Å². The Hall–Kier alpha value is -2.02. The molecule has 16 heavy (non-hydrogen) atoms. The van der Waals surface area contributed by atoms with Gasteiger partial charge in [0.25, 0.3) is 5.91 Å². The van der Waals surface area contributed by atoms with Gasteiger partial charge in [0.15, 0.2) is 0 Å². The van der Waals surface area contributed by atoms with Crippen molar-refractivity contribution in [2.75, 3.05) is 20.2 Å². The van der Waals surface area contributed by atoms with Gasteiger partial charge < -0.3 is 9.64 Å². The normalized spacial score (nSPS) is 9.31. The van der Waals surface area contributed by atoms with Crippen LogP contribution in [0.1, 0.15) is 17.3 Å². The summed E-state index contributed by atoms with van der Waals surface area (Å²) in [6.45, 7) is 2.71. The summed E-state index contributed by atoms with van der Waals surface area (Å²) >= 11 is 0. The fourth-order valence-electron chi connectivity index (χ4n) is 1.32.